The number of halogens is 3. The van der Waals surface area contributed by atoms with Gasteiger partial charge in [-0.3, -0.25) is 9.48 Å². The van der Waals surface area contributed by atoms with Crippen LogP contribution in [0.2, 0.25) is 0 Å². The second-order valence-electron chi connectivity index (χ2n) is 11.5. The highest BCUT2D eigenvalue weighted by Crippen LogP contribution is 2.59. The van der Waals surface area contributed by atoms with Gasteiger partial charge in [0.25, 0.3) is 0 Å². The number of fused-ring (bicyclic) bond motifs is 1. The van der Waals surface area contributed by atoms with Crippen LogP contribution in [0, 0.1) is 11.3 Å². The monoisotopic (exact) mass is 541 g/mol. The molecule has 2 atom stereocenters. The number of nitrogens with zero attached hydrogens (tertiary/aromatic N) is 3. The number of alkyl halides is 3. The van der Waals surface area contributed by atoms with E-state index in [4.69, 9.17) is 5.11 Å². The van der Waals surface area contributed by atoms with E-state index >= 15 is 0 Å². The van der Waals surface area contributed by atoms with E-state index in [1.165, 1.54) is 24.0 Å². The summed E-state index contributed by atoms with van der Waals surface area (Å²) in [4.78, 5) is 10.8. The van der Waals surface area contributed by atoms with Crippen molar-refractivity contribution in [1.29, 1.82) is 0 Å². The van der Waals surface area contributed by atoms with Crippen molar-refractivity contribution in [2.75, 3.05) is 7.05 Å². The molecule has 7 nitrogen and oxygen atoms in total. The Morgan fingerprint density at radius 1 is 1.24 bits per heavy atom. The predicted octanol–water partition coefficient (Wildman–Crippen LogP) is 5.40. The standard InChI is InChI=1S/C26H34F3N3O4S/c1-16(24(2,3)4)25(9-10-25)17-11-18(26(27,28)29)13-19(12-17)37(35,36)31(5)21-7-6-8-22-20(21)14-30-32(22)15-23(33)34/h11-14,16,21H,6-10,15H2,1-5H3,(H,33,34)/t16?,21-/m1/s1. The van der Waals surface area contributed by atoms with Crippen LogP contribution >= 0.6 is 0 Å². The molecule has 0 aliphatic heterocycles. The molecule has 0 radical (unpaired) electrons. The first-order valence-corrected chi connectivity index (χ1v) is 13.9. The minimum Gasteiger partial charge on any atom is -0.480 e. The fourth-order valence-electron chi connectivity index (χ4n) is 5.71. The van der Waals surface area contributed by atoms with Gasteiger partial charge in [0, 0.05) is 18.3 Å². The summed E-state index contributed by atoms with van der Waals surface area (Å²) in [5.74, 6) is -1.03. The molecule has 1 unspecified atom stereocenters. The van der Waals surface area contributed by atoms with Crippen molar-refractivity contribution < 1.29 is 31.5 Å². The Labute approximate surface area is 215 Å². The lowest BCUT2D eigenvalue weighted by atomic mass is 9.69. The highest BCUT2D eigenvalue weighted by molar-refractivity contribution is 7.89. The second-order valence-corrected chi connectivity index (χ2v) is 13.5. The van der Waals surface area contributed by atoms with Crippen LogP contribution in [0.15, 0.2) is 29.3 Å². The molecule has 0 amide bonds. The number of aliphatic carboxylic acids is 1. The maximum Gasteiger partial charge on any atom is 0.416 e. The van der Waals surface area contributed by atoms with Crippen molar-refractivity contribution in [3.8, 4) is 0 Å². The Morgan fingerprint density at radius 3 is 2.43 bits per heavy atom. The Bertz CT molecular complexity index is 1310. The smallest absolute Gasteiger partial charge is 0.416 e. The summed E-state index contributed by atoms with van der Waals surface area (Å²) in [6.45, 7) is 7.81. The highest BCUT2D eigenvalue weighted by Gasteiger charge is 2.53. The molecule has 1 saturated carbocycles. The molecule has 2 aromatic rings. The zero-order chi connectivity index (χ0) is 27.6. The fourth-order valence-corrected chi connectivity index (χ4v) is 7.14. The van der Waals surface area contributed by atoms with E-state index in [-0.39, 0.29) is 22.8 Å². The van der Waals surface area contributed by atoms with E-state index in [2.05, 4.69) is 5.10 Å². The van der Waals surface area contributed by atoms with E-state index in [0.717, 1.165) is 16.4 Å². The van der Waals surface area contributed by atoms with Crippen LogP contribution in [0.5, 0.6) is 0 Å². The molecule has 204 valence electrons. The normalized spacial score (nSPS) is 20.5. The molecular formula is C26H34F3N3O4S. The maximum atomic E-state index is 14.0. The third kappa shape index (κ3) is 5.04. The summed E-state index contributed by atoms with van der Waals surface area (Å²) in [6, 6.07) is 2.61. The molecule has 4 rings (SSSR count). The summed E-state index contributed by atoms with van der Waals surface area (Å²) < 4.78 is 72.0. The van der Waals surface area contributed by atoms with Crippen LogP contribution in [-0.4, -0.2) is 40.6 Å². The van der Waals surface area contributed by atoms with E-state index in [0.29, 0.717) is 48.9 Å². The SMILES string of the molecule is CC(C(C)(C)C)C1(c2cc(C(F)(F)F)cc(S(=O)(=O)N(C)[C@@H]3CCCc4c3cnn4CC(=O)O)c2)CC1. The number of sulfonamides is 1. The molecule has 1 heterocycles. The van der Waals surface area contributed by atoms with Gasteiger partial charge in [0.05, 0.1) is 22.7 Å². The molecule has 1 aromatic carbocycles. The largest absolute Gasteiger partial charge is 0.480 e. The van der Waals surface area contributed by atoms with Crippen molar-refractivity contribution in [3.05, 3.63) is 46.8 Å². The summed E-state index contributed by atoms with van der Waals surface area (Å²) in [5, 5.41) is 13.3. The maximum absolute atomic E-state index is 14.0. The molecule has 0 spiro atoms. The van der Waals surface area contributed by atoms with Gasteiger partial charge >= 0.3 is 12.1 Å². The van der Waals surface area contributed by atoms with E-state index in [1.54, 1.807) is 0 Å². The number of benzene rings is 1. The van der Waals surface area contributed by atoms with Crippen LogP contribution in [0.1, 0.15) is 81.8 Å². The van der Waals surface area contributed by atoms with Gasteiger partial charge in [-0.25, -0.2) is 8.42 Å². The average molecular weight is 542 g/mol. The fraction of sp³-hybridized carbons (Fsp3) is 0.615. The zero-order valence-corrected chi connectivity index (χ0v) is 22.6. The summed E-state index contributed by atoms with van der Waals surface area (Å²) >= 11 is 0. The van der Waals surface area contributed by atoms with Crippen molar-refractivity contribution in [2.24, 2.45) is 11.3 Å². The molecule has 2 aliphatic rings. The molecule has 11 heteroatoms. The first kappa shape index (κ1) is 27.6. The number of carbonyl (C=O) groups is 1. The van der Waals surface area contributed by atoms with E-state index in [9.17, 15) is 26.4 Å². The lowest BCUT2D eigenvalue weighted by molar-refractivity contribution is -0.138. The Kier molecular flexibility index (Phi) is 6.80. The van der Waals surface area contributed by atoms with Gasteiger partial charge in [0.15, 0.2) is 0 Å². The zero-order valence-electron chi connectivity index (χ0n) is 21.8. The molecule has 37 heavy (non-hydrogen) atoms. The van der Waals surface area contributed by atoms with Crippen molar-refractivity contribution in [1.82, 2.24) is 14.1 Å². The molecule has 1 N–H and O–H groups in total. The van der Waals surface area contributed by atoms with Gasteiger partial charge in [-0.05, 0) is 72.6 Å². The summed E-state index contributed by atoms with van der Waals surface area (Å²) in [7, 11) is -2.94. The summed E-state index contributed by atoms with van der Waals surface area (Å²) in [5.41, 5.74) is -0.00138. The van der Waals surface area contributed by atoms with Crippen LogP contribution < -0.4 is 0 Å². The lowest BCUT2D eigenvalue weighted by Gasteiger charge is -2.36. The first-order chi connectivity index (χ1) is 17.0. The molecular weight excluding hydrogens is 507 g/mol. The minimum atomic E-state index is -4.70. The van der Waals surface area contributed by atoms with Crippen molar-refractivity contribution in [3.63, 3.8) is 0 Å². The highest BCUT2D eigenvalue weighted by atomic mass is 32.2. The number of carboxylic acids is 1. The van der Waals surface area contributed by atoms with Crippen LogP contribution in [-0.2, 0) is 39.4 Å². The number of carboxylic acid groups (broad SMARTS) is 1. The molecule has 0 saturated heterocycles. The van der Waals surface area contributed by atoms with Crippen LogP contribution in [0.3, 0.4) is 0 Å². The van der Waals surface area contributed by atoms with E-state index < -0.39 is 39.2 Å². The molecule has 0 bridgehead atoms. The number of hydrogen-bond donors (Lipinski definition) is 1. The second kappa shape index (κ2) is 9.11. The Balaban J connectivity index is 1.77. The van der Waals surface area contributed by atoms with Crippen LogP contribution in [0.4, 0.5) is 13.2 Å². The van der Waals surface area contributed by atoms with Gasteiger partial charge in [0.2, 0.25) is 10.0 Å². The predicted molar refractivity (Wildman–Crippen MR) is 131 cm³/mol. The number of rotatable bonds is 7. The molecule has 1 fully saturated rings. The third-order valence-corrected chi connectivity index (χ3v) is 10.2. The molecule has 1 aromatic heterocycles. The quantitative estimate of drug-likeness (QED) is 0.507. The van der Waals surface area contributed by atoms with Gasteiger partial charge in [0.1, 0.15) is 6.54 Å². The van der Waals surface area contributed by atoms with Gasteiger partial charge in [-0.2, -0.15) is 22.6 Å². The van der Waals surface area contributed by atoms with Gasteiger partial charge < -0.3 is 5.11 Å². The lowest BCUT2D eigenvalue weighted by Crippen LogP contribution is -2.34. The average Bonchev–Trinajstić information content (AvgIpc) is 3.52. The minimum absolute atomic E-state index is 0.0396. The van der Waals surface area contributed by atoms with E-state index in [1.807, 2.05) is 27.7 Å². The van der Waals surface area contributed by atoms with Gasteiger partial charge in [-0.15, -0.1) is 0 Å². The van der Waals surface area contributed by atoms with Crippen molar-refractivity contribution >= 4 is 16.0 Å². The first-order valence-electron chi connectivity index (χ1n) is 12.5. The Hall–Kier alpha value is -2.40. The van der Waals surface area contributed by atoms with Crippen LogP contribution in [0.25, 0.3) is 0 Å². The Morgan fingerprint density at radius 2 is 1.89 bits per heavy atom. The number of hydrogen-bond acceptors (Lipinski definition) is 4. The van der Waals surface area contributed by atoms with Gasteiger partial charge in [-0.1, -0.05) is 27.7 Å². The summed E-state index contributed by atoms with van der Waals surface area (Å²) in [6.07, 6.45) is -0.214. The molecule has 2 aliphatic carbocycles. The third-order valence-electron chi connectivity index (χ3n) is 8.36. The van der Waals surface area contributed by atoms with Crippen molar-refractivity contribution in [2.45, 2.75) is 88.9 Å². The number of aromatic nitrogens is 2. The topological polar surface area (TPSA) is 92.5 Å².